The van der Waals surface area contributed by atoms with Gasteiger partial charge in [-0.2, -0.15) is 0 Å². The molecule has 1 spiro atoms. The molecule has 1 saturated carbocycles. The second-order valence-corrected chi connectivity index (χ2v) is 20.3. The highest BCUT2D eigenvalue weighted by molar-refractivity contribution is 7.80. The summed E-state index contributed by atoms with van der Waals surface area (Å²) < 4.78 is 31.1. The fraction of sp³-hybridized carbons (Fsp3) is 0.509. The summed E-state index contributed by atoms with van der Waals surface area (Å²) in [7, 11) is 6.07. The van der Waals surface area contributed by atoms with Crippen LogP contribution in [0.3, 0.4) is 0 Å². The van der Waals surface area contributed by atoms with Crippen LogP contribution in [0.15, 0.2) is 78.9 Å². The number of likely N-dealkylation sites (N-methyl/N-ethyl adjacent to an activating group) is 1. The van der Waals surface area contributed by atoms with Crippen LogP contribution in [0.25, 0.3) is 10.9 Å². The first-order chi connectivity index (χ1) is 32.6. The summed E-state index contributed by atoms with van der Waals surface area (Å²) in [6, 6.07) is 20.2. The Morgan fingerprint density at radius 2 is 1.63 bits per heavy atom. The Balaban J connectivity index is 1.26. The first-order valence-corrected chi connectivity index (χ1v) is 24.3. The van der Waals surface area contributed by atoms with Crippen LogP contribution in [0, 0.1) is 11.3 Å². The molecule has 4 aromatic rings. The zero-order valence-corrected chi connectivity index (χ0v) is 40.7. The molecule has 2 saturated heterocycles. The number of hydrogen-bond donors (Lipinski definition) is 3. The van der Waals surface area contributed by atoms with Gasteiger partial charge in [-0.3, -0.25) is 19.4 Å². The molecule has 360 valence electrons. The minimum absolute atomic E-state index is 0.111. The summed E-state index contributed by atoms with van der Waals surface area (Å²) in [6.07, 6.45) is 3.91. The third-order valence-corrected chi connectivity index (χ3v) is 17.3. The van der Waals surface area contributed by atoms with Gasteiger partial charge in [0.15, 0.2) is 11.2 Å². The molecule has 1 aromatic heterocycles. The number of nitrogens with one attached hydrogen (secondary N) is 1. The Hall–Kier alpha value is -5.32. The van der Waals surface area contributed by atoms with Crippen molar-refractivity contribution in [2.75, 3.05) is 66.0 Å². The molecule has 15 heteroatoms. The number of fused-ring (bicyclic) bond motifs is 6. The lowest BCUT2D eigenvalue weighted by molar-refractivity contribution is -0.228. The summed E-state index contributed by atoms with van der Waals surface area (Å²) in [4.78, 5) is 53.9. The van der Waals surface area contributed by atoms with Crippen molar-refractivity contribution >= 4 is 51.8 Å². The monoisotopic (exact) mass is 946 g/mol. The Morgan fingerprint density at radius 1 is 0.897 bits per heavy atom. The van der Waals surface area contributed by atoms with Crippen LogP contribution in [-0.4, -0.2) is 145 Å². The number of rotatable bonds is 9. The van der Waals surface area contributed by atoms with Crippen LogP contribution in [0.5, 0.6) is 5.75 Å². The van der Waals surface area contributed by atoms with E-state index in [0.29, 0.717) is 86.7 Å². The van der Waals surface area contributed by atoms with Crippen molar-refractivity contribution in [2.45, 2.75) is 99.2 Å². The predicted molar refractivity (Wildman–Crippen MR) is 259 cm³/mol. The molecule has 3 aromatic carbocycles. The van der Waals surface area contributed by atoms with Crippen molar-refractivity contribution in [1.82, 2.24) is 14.8 Å². The highest BCUT2D eigenvalue weighted by Gasteiger charge is 2.80. The number of H-pyrrole nitrogens is 1. The van der Waals surface area contributed by atoms with E-state index in [1.165, 1.54) is 21.1 Å². The number of methoxy groups -OCH3 is 3. The molecular weight excluding hydrogens is 885 g/mol. The van der Waals surface area contributed by atoms with Crippen molar-refractivity contribution in [3.05, 3.63) is 107 Å². The lowest BCUT2D eigenvalue weighted by atomic mass is 9.47. The van der Waals surface area contributed by atoms with Crippen molar-refractivity contribution in [2.24, 2.45) is 11.3 Å². The van der Waals surface area contributed by atoms with E-state index in [1.807, 2.05) is 92.5 Å². The summed E-state index contributed by atoms with van der Waals surface area (Å²) in [5.41, 5.74) is -2.15. The molecule has 68 heavy (non-hydrogen) atoms. The number of carbonyl (C=O) groups is 3. The SMILES string of the molecule is CC[C@]1(O)CN2CCc3c([nH]c4ccccc34)[C@@](C(=O)OC)(c3cc4c(cc3OC)N(C)[C@H]3[C@@](O)(C(=O)OC)[C@H](OC(C)=O)[C@]5(CC)C=CCN6CC[C@]43[C@@H]65)C[C@@H](C2)[C@H]1OC(=S)c1ccccc1. The van der Waals surface area contributed by atoms with Crippen LogP contribution in [0.4, 0.5) is 5.69 Å². The summed E-state index contributed by atoms with van der Waals surface area (Å²) in [6.45, 7) is 7.90. The number of hydrogen-bond acceptors (Lipinski definition) is 14. The number of benzene rings is 3. The highest BCUT2D eigenvalue weighted by atomic mass is 32.1. The van der Waals surface area contributed by atoms with Gasteiger partial charge < -0.3 is 43.8 Å². The van der Waals surface area contributed by atoms with Crippen molar-refractivity contribution in [1.29, 1.82) is 0 Å². The number of anilines is 1. The van der Waals surface area contributed by atoms with Gasteiger partial charge in [-0.05, 0) is 74.1 Å². The zero-order chi connectivity index (χ0) is 48.1. The minimum atomic E-state index is -2.35. The molecule has 5 aliphatic heterocycles. The van der Waals surface area contributed by atoms with Gasteiger partial charge in [0.25, 0.3) is 0 Å². The van der Waals surface area contributed by atoms with Gasteiger partial charge in [0, 0.05) is 102 Å². The number of carbonyl (C=O) groups excluding carboxylic acids is 3. The maximum atomic E-state index is 15.8. The van der Waals surface area contributed by atoms with E-state index >= 15 is 4.79 Å². The van der Waals surface area contributed by atoms with Crippen LogP contribution >= 0.6 is 12.2 Å². The summed E-state index contributed by atoms with van der Waals surface area (Å²) in [5, 5.41) is 27.6. The number of thiocarbonyl (C=S) groups is 1. The highest BCUT2D eigenvalue weighted by Crippen LogP contribution is 2.68. The predicted octanol–water partition coefficient (Wildman–Crippen LogP) is 5.36. The van der Waals surface area contributed by atoms with E-state index in [4.69, 9.17) is 35.9 Å². The number of aliphatic hydroxyl groups is 2. The Labute approximate surface area is 402 Å². The first-order valence-electron chi connectivity index (χ1n) is 23.9. The van der Waals surface area contributed by atoms with Gasteiger partial charge in [0.05, 0.1) is 27.4 Å². The molecule has 1 aliphatic carbocycles. The normalized spacial score (nSPS) is 34.6. The Kier molecular flexibility index (Phi) is 11.4. The minimum Gasteiger partial charge on any atom is -0.496 e. The molecular formula is C53H62N4O10S. The molecule has 2 bridgehead atoms. The molecule has 11 atom stereocenters. The quantitative estimate of drug-likeness (QED) is 0.0851. The first kappa shape index (κ1) is 46.4. The van der Waals surface area contributed by atoms with E-state index < -0.39 is 69.5 Å². The second-order valence-electron chi connectivity index (χ2n) is 20.0. The third-order valence-electron chi connectivity index (χ3n) is 17.0. The molecule has 14 nitrogen and oxygen atoms in total. The van der Waals surface area contributed by atoms with Crippen LogP contribution < -0.4 is 9.64 Å². The van der Waals surface area contributed by atoms with Crippen molar-refractivity contribution in [3.8, 4) is 5.75 Å². The number of piperidine rings is 1. The van der Waals surface area contributed by atoms with Gasteiger partial charge in [0.1, 0.15) is 22.9 Å². The number of aromatic amines is 1. The van der Waals surface area contributed by atoms with Crippen LogP contribution in [0.2, 0.25) is 0 Å². The molecule has 3 N–H and O–H groups in total. The molecule has 10 rings (SSSR count). The summed E-state index contributed by atoms with van der Waals surface area (Å²) >= 11 is 5.99. The number of ether oxygens (including phenoxy) is 5. The number of aromatic nitrogens is 1. The van der Waals surface area contributed by atoms with Crippen LogP contribution in [-0.2, 0) is 50.6 Å². The van der Waals surface area contributed by atoms with Gasteiger partial charge in [0.2, 0.25) is 5.60 Å². The van der Waals surface area contributed by atoms with E-state index in [1.54, 1.807) is 7.11 Å². The van der Waals surface area contributed by atoms with Crippen molar-refractivity contribution in [3.63, 3.8) is 0 Å². The summed E-state index contributed by atoms with van der Waals surface area (Å²) in [5.74, 6) is -2.18. The number of esters is 3. The van der Waals surface area contributed by atoms with Gasteiger partial charge >= 0.3 is 17.9 Å². The lowest BCUT2D eigenvalue weighted by Gasteiger charge is -2.63. The standard InChI is InChI=1S/C53H62N4O10S/c1-8-49-21-15-23-57-25-22-51(44(49)57)36-26-37(40(63-5)27-39(36)55(4)45(51)53(62,48(60)65-7)46(49)66-31(3)58)52(47(59)64-6)28-33-29-56(24-20-35-34-18-13-14-19-38(34)54-41(35)52)30-50(61,9-2)42(33)67-43(68)32-16-11-10-12-17-32/h10-19,21,26-27,33,42,44-46,54,61-62H,8-9,20,22-25,28-30H2,1-7H3/t33-,42+,44-,45+,46+,49+,50-,51+,52-,53-/m0/s1. The maximum absolute atomic E-state index is 15.8. The number of nitrogens with zero attached hydrogens (tertiary/aromatic N) is 3. The largest absolute Gasteiger partial charge is 0.496 e. The van der Waals surface area contributed by atoms with E-state index in [0.717, 1.165) is 22.0 Å². The zero-order valence-electron chi connectivity index (χ0n) is 39.9. The maximum Gasteiger partial charge on any atom is 0.344 e. The van der Waals surface area contributed by atoms with Crippen LogP contribution in [0.1, 0.15) is 74.4 Å². The molecule has 6 heterocycles. The molecule has 0 amide bonds. The molecule has 6 aliphatic rings. The van der Waals surface area contributed by atoms with Gasteiger partial charge in [-0.1, -0.05) is 74.5 Å². The fourth-order valence-electron chi connectivity index (χ4n) is 14.4. The fourth-order valence-corrected chi connectivity index (χ4v) is 14.7. The average Bonchev–Trinajstić information content (AvgIpc) is 4.01. The molecule has 1 unspecified atom stereocenters. The Bertz CT molecular complexity index is 2730. The topological polar surface area (TPSA) is 163 Å². The van der Waals surface area contributed by atoms with E-state index in [9.17, 15) is 19.8 Å². The Morgan fingerprint density at radius 3 is 2.32 bits per heavy atom. The smallest absolute Gasteiger partial charge is 0.344 e. The van der Waals surface area contributed by atoms with Crippen molar-refractivity contribution < 1.29 is 48.3 Å². The van der Waals surface area contributed by atoms with E-state index in [-0.39, 0.29) is 17.5 Å². The number of para-hydroxylation sites is 1. The lowest BCUT2D eigenvalue weighted by Crippen LogP contribution is -2.81. The average molecular weight is 947 g/mol. The molecule has 0 radical (unpaired) electrons. The van der Waals surface area contributed by atoms with Gasteiger partial charge in [-0.25, -0.2) is 4.79 Å². The molecule has 3 fully saturated rings. The third kappa shape index (κ3) is 6.27. The second kappa shape index (κ2) is 16.7. The van der Waals surface area contributed by atoms with Gasteiger partial charge in [-0.15, -0.1) is 0 Å². The van der Waals surface area contributed by atoms with E-state index in [2.05, 4.69) is 26.9 Å².